The molecular formula is C10H20N2O3. The van der Waals surface area contributed by atoms with Crippen molar-refractivity contribution < 1.29 is 14.3 Å². The van der Waals surface area contributed by atoms with Crippen LogP contribution in [-0.4, -0.2) is 32.1 Å². The van der Waals surface area contributed by atoms with Crippen LogP contribution in [0.15, 0.2) is 0 Å². The molecule has 0 fully saturated rings. The van der Waals surface area contributed by atoms with Crippen molar-refractivity contribution in [2.24, 2.45) is 11.7 Å². The molecule has 0 bridgehead atoms. The normalized spacial score (nSPS) is 11.9. The molecule has 0 saturated carbocycles. The van der Waals surface area contributed by atoms with Crippen molar-refractivity contribution in [2.45, 2.75) is 26.2 Å². The van der Waals surface area contributed by atoms with Crippen LogP contribution in [0.1, 0.15) is 26.2 Å². The molecule has 5 nitrogen and oxygen atoms in total. The zero-order chi connectivity index (χ0) is 11.7. The third-order valence-electron chi connectivity index (χ3n) is 2.18. The number of hydrogen-bond donors (Lipinski definition) is 2. The van der Waals surface area contributed by atoms with Crippen LogP contribution in [0.3, 0.4) is 0 Å². The first kappa shape index (κ1) is 13.9. The van der Waals surface area contributed by atoms with Gasteiger partial charge in [0.1, 0.15) is 6.54 Å². The maximum Gasteiger partial charge on any atom is 0.325 e. The molecule has 0 saturated heterocycles. The number of ether oxygens (including phenoxy) is 1. The lowest BCUT2D eigenvalue weighted by molar-refractivity contribution is -0.141. The molecule has 0 heterocycles. The third kappa shape index (κ3) is 7.93. The second-order valence-electron chi connectivity index (χ2n) is 3.57. The average Bonchev–Trinajstić information content (AvgIpc) is 2.23. The first-order chi connectivity index (χ1) is 7.10. The molecule has 1 atom stereocenters. The number of hydrogen-bond acceptors (Lipinski definition) is 4. The van der Waals surface area contributed by atoms with E-state index in [0.717, 1.165) is 12.8 Å². The van der Waals surface area contributed by atoms with Gasteiger partial charge < -0.3 is 15.8 Å². The molecule has 0 aliphatic carbocycles. The number of nitrogens with one attached hydrogen (secondary N) is 1. The van der Waals surface area contributed by atoms with E-state index >= 15 is 0 Å². The predicted octanol–water partition coefficient (Wildman–Crippen LogP) is 0.0407. The number of amides is 1. The number of methoxy groups -OCH3 is 1. The number of carbonyl (C=O) groups is 2. The first-order valence-corrected chi connectivity index (χ1v) is 5.13. The van der Waals surface area contributed by atoms with Crippen molar-refractivity contribution in [1.29, 1.82) is 0 Å². The summed E-state index contributed by atoms with van der Waals surface area (Å²) >= 11 is 0. The SMILES string of the molecule is COC(=O)CNC(=O)CCC(C)CCN. The molecule has 0 aromatic heterocycles. The van der Waals surface area contributed by atoms with Crippen LogP contribution in [0.4, 0.5) is 0 Å². The lowest BCUT2D eigenvalue weighted by atomic mass is 10.0. The maximum atomic E-state index is 11.2. The van der Waals surface area contributed by atoms with Crippen molar-refractivity contribution >= 4 is 11.9 Å². The van der Waals surface area contributed by atoms with Gasteiger partial charge in [0.05, 0.1) is 7.11 Å². The monoisotopic (exact) mass is 216 g/mol. The third-order valence-corrected chi connectivity index (χ3v) is 2.18. The van der Waals surface area contributed by atoms with Crippen LogP contribution in [0, 0.1) is 5.92 Å². The minimum absolute atomic E-state index is 0.0550. The average molecular weight is 216 g/mol. The summed E-state index contributed by atoms with van der Waals surface area (Å²) in [5, 5.41) is 2.49. The lowest BCUT2D eigenvalue weighted by Crippen LogP contribution is -2.30. The van der Waals surface area contributed by atoms with E-state index in [1.807, 2.05) is 0 Å². The fraction of sp³-hybridized carbons (Fsp3) is 0.800. The summed E-state index contributed by atoms with van der Waals surface area (Å²) < 4.78 is 4.39. The van der Waals surface area contributed by atoms with Crippen LogP contribution >= 0.6 is 0 Å². The Kier molecular flexibility index (Phi) is 7.62. The van der Waals surface area contributed by atoms with E-state index in [9.17, 15) is 9.59 Å². The molecule has 0 aromatic carbocycles. The van der Waals surface area contributed by atoms with Gasteiger partial charge in [-0.05, 0) is 25.3 Å². The highest BCUT2D eigenvalue weighted by Gasteiger charge is 2.07. The minimum atomic E-state index is -0.432. The summed E-state index contributed by atoms with van der Waals surface area (Å²) in [4.78, 5) is 21.9. The summed E-state index contributed by atoms with van der Waals surface area (Å²) in [5.41, 5.74) is 5.39. The first-order valence-electron chi connectivity index (χ1n) is 5.13. The highest BCUT2D eigenvalue weighted by atomic mass is 16.5. The van der Waals surface area contributed by atoms with E-state index in [2.05, 4.69) is 17.0 Å². The van der Waals surface area contributed by atoms with Gasteiger partial charge in [-0.25, -0.2) is 0 Å². The van der Waals surface area contributed by atoms with Gasteiger partial charge in [-0.1, -0.05) is 6.92 Å². The van der Waals surface area contributed by atoms with Crippen molar-refractivity contribution in [2.75, 3.05) is 20.2 Å². The van der Waals surface area contributed by atoms with Gasteiger partial charge >= 0.3 is 5.97 Å². The van der Waals surface area contributed by atoms with E-state index < -0.39 is 5.97 Å². The van der Waals surface area contributed by atoms with Crippen molar-refractivity contribution in [3.8, 4) is 0 Å². The van der Waals surface area contributed by atoms with E-state index in [-0.39, 0.29) is 12.5 Å². The molecule has 5 heteroatoms. The van der Waals surface area contributed by atoms with Crippen LogP contribution in [0.2, 0.25) is 0 Å². The van der Waals surface area contributed by atoms with Gasteiger partial charge in [0, 0.05) is 6.42 Å². The van der Waals surface area contributed by atoms with Gasteiger partial charge in [-0.3, -0.25) is 9.59 Å². The Balaban J connectivity index is 3.53. The van der Waals surface area contributed by atoms with Crippen molar-refractivity contribution in [3.63, 3.8) is 0 Å². The van der Waals surface area contributed by atoms with Crippen LogP contribution in [0.5, 0.6) is 0 Å². The summed E-state index contributed by atoms with van der Waals surface area (Å²) in [6, 6.07) is 0. The Morgan fingerprint density at radius 2 is 2.07 bits per heavy atom. The lowest BCUT2D eigenvalue weighted by Gasteiger charge is -2.09. The highest BCUT2D eigenvalue weighted by molar-refractivity contribution is 5.81. The van der Waals surface area contributed by atoms with Gasteiger partial charge in [0.2, 0.25) is 5.91 Å². The summed E-state index contributed by atoms with van der Waals surface area (Å²) in [5.74, 6) is -0.110. The Hall–Kier alpha value is -1.10. The second-order valence-corrected chi connectivity index (χ2v) is 3.57. The summed E-state index contributed by atoms with van der Waals surface area (Å²) in [6.45, 7) is 2.64. The quantitative estimate of drug-likeness (QED) is 0.589. The Labute approximate surface area is 90.4 Å². The standard InChI is InChI=1S/C10H20N2O3/c1-8(5-6-11)3-4-9(13)12-7-10(14)15-2/h8H,3-7,11H2,1-2H3,(H,12,13). The zero-order valence-corrected chi connectivity index (χ0v) is 9.41. The van der Waals surface area contributed by atoms with Crippen LogP contribution in [-0.2, 0) is 14.3 Å². The van der Waals surface area contributed by atoms with Crippen molar-refractivity contribution in [1.82, 2.24) is 5.32 Å². The van der Waals surface area contributed by atoms with E-state index in [0.29, 0.717) is 18.9 Å². The number of nitrogens with two attached hydrogens (primary N) is 1. The molecule has 0 spiro atoms. The van der Waals surface area contributed by atoms with Crippen LogP contribution < -0.4 is 11.1 Å². The van der Waals surface area contributed by atoms with Gasteiger partial charge in [-0.15, -0.1) is 0 Å². The highest BCUT2D eigenvalue weighted by Crippen LogP contribution is 2.08. The molecule has 3 N–H and O–H groups in total. The predicted molar refractivity (Wildman–Crippen MR) is 57.1 cm³/mol. The number of esters is 1. The molecule has 88 valence electrons. The Morgan fingerprint density at radius 1 is 1.40 bits per heavy atom. The fourth-order valence-electron chi connectivity index (χ4n) is 1.14. The summed E-state index contributed by atoms with van der Waals surface area (Å²) in [7, 11) is 1.29. The van der Waals surface area contributed by atoms with Crippen molar-refractivity contribution in [3.05, 3.63) is 0 Å². The summed E-state index contributed by atoms with van der Waals surface area (Å²) in [6.07, 6.45) is 2.15. The zero-order valence-electron chi connectivity index (χ0n) is 9.41. The maximum absolute atomic E-state index is 11.2. The topological polar surface area (TPSA) is 81.4 Å². The number of carbonyl (C=O) groups excluding carboxylic acids is 2. The minimum Gasteiger partial charge on any atom is -0.468 e. The molecule has 15 heavy (non-hydrogen) atoms. The Morgan fingerprint density at radius 3 is 2.60 bits per heavy atom. The Bertz CT molecular complexity index is 207. The molecular weight excluding hydrogens is 196 g/mol. The number of rotatable bonds is 7. The smallest absolute Gasteiger partial charge is 0.325 e. The van der Waals surface area contributed by atoms with Gasteiger partial charge in [0.15, 0.2) is 0 Å². The molecule has 1 amide bonds. The molecule has 0 aliphatic heterocycles. The van der Waals surface area contributed by atoms with Crippen LogP contribution in [0.25, 0.3) is 0 Å². The van der Waals surface area contributed by atoms with E-state index in [1.165, 1.54) is 7.11 Å². The van der Waals surface area contributed by atoms with E-state index in [4.69, 9.17) is 5.73 Å². The largest absolute Gasteiger partial charge is 0.468 e. The molecule has 0 rings (SSSR count). The molecule has 0 radical (unpaired) electrons. The van der Waals surface area contributed by atoms with Gasteiger partial charge in [-0.2, -0.15) is 0 Å². The fourth-order valence-corrected chi connectivity index (χ4v) is 1.14. The van der Waals surface area contributed by atoms with Gasteiger partial charge in [0.25, 0.3) is 0 Å². The van der Waals surface area contributed by atoms with E-state index in [1.54, 1.807) is 0 Å². The molecule has 1 unspecified atom stereocenters. The molecule has 0 aliphatic rings. The second kappa shape index (κ2) is 8.23. The molecule has 0 aromatic rings.